The first-order valence-electron chi connectivity index (χ1n) is 6.84. The SMILES string of the molecule is Cc1nc(-c2ccccc2)sc1C(=O)Nc1c(F)cccc1F. The molecule has 0 saturated carbocycles. The van der Waals surface area contributed by atoms with Gasteiger partial charge in [0.15, 0.2) is 0 Å². The van der Waals surface area contributed by atoms with Gasteiger partial charge >= 0.3 is 0 Å². The molecular formula is C17H12F2N2OS. The molecule has 0 aliphatic carbocycles. The summed E-state index contributed by atoms with van der Waals surface area (Å²) in [5, 5.41) is 2.96. The van der Waals surface area contributed by atoms with Gasteiger partial charge in [0.2, 0.25) is 0 Å². The van der Waals surface area contributed by atoms with Crippen LogP contribution in [-0.2, 0) is 0 Å². The molecule has 1 heterocycles. The molecule has 1 N–H and O–H groups in total. The van der Waals surface area contributed by atoms with E-state index in [4.69, 9.17) is 0 Å². The molecule has 116 valence electrons. The highest BCUT2D eigenvalue weighted by Gasteiger charge is 2.19. The molecule has 0 spiro atoms. The number of thiazole rings is 1. The normalized spacial score (nSPS) is 10.6. The van der Waals surface area contributed by atoms with Gasteiger partial charge in [-0.3, -0.25) is 4.79 Å². The summed E-state index contributed by atoms with van der Waals surface area (Å²) in [6, 6.07) is 12.8. The van der Waals surface area contributed by atoms with Gasteiger partial charge in [0.05, 0.1) is 5.69 Å². The maximum atomic E-state index is 13.6. The smallest absolute Gasteiger partial charge is 0.267 e. The van der Waals surface area contributed by atoms with Crippen molar-refractivity contribution in [3.05, 3.63) is 70.7 Å². The fourth-order valence-electron chi connectivity index (χ4n) is 2.10. The summed E-state index contributed by atoms with van der Waals surface area (Å²) in [6.07, 6.45) is 0. The number of nitrogens with zero attached hydrogens (tertiary/aromatic N) is 1. The number of benzene rings is 2. The largest absolute Gasteiger partial charge is 0.316 e. The fraction of sp³-hybridized carbons (Fsp3) is 0.0588. The molecule has 0 bridgehead atoms. The third kappa shape index (κ3) is 3.12. The van der Waals surface area contributed by atoms with E-state index < -0.39 is 23.2 Å². The molecule has 6 heteroatoms. The van der Waals surface area contributed by atoms with Crippen LogP contribution in [-0.4, -0.2) is 10.9 Å². The van der Waals surface area contributed by atoms with E-state index in [-0.39, 0.29) is 0 Å². The lowest BCUT2D eigenvalue weighted by atomic mass is 10.2. The topological polar surface area (TPSA) is 42.0 Å². The molecule has 0 atom stereocenters. The number of amides is 1. The summed E-state index contributed by atoms with van der Waals surface area (Å²) in [4.78, 5) is 17.0. The predicted molar refractivity (Wildman–Crippen MR) is 86.6 cm³/mol. The van der Waals surface area contributed by atoms with Crippen molar-refractivity contribution in [3.63, 3.8) is 0 Å². The number of aryl methyl sites for hydroxylation is 1. The van der Waals surface area contributed by atoms with Crippen LogP contribution in [0.15, 0.2) is 48.5 Å². The molecule has 3 aromatic rings. The van der Waals surface area contributed by atoms with Crippen molar-refractivity contribution in [2.75, 3.05) is 5.32 Å². The lowest BCUT2D eigenvalue weighted by molar-refractivity contribution is 0.102. The number of nitrogens with one attached hydrogen (secondary N) is 1. The number of carbonyl (C=O) groups is 1. The fourth-order valence-corrected chi connectivity index (χ4v) is 3.07. The van der Waals surface area contributed by atoms with Crippen molar-refractivity contribution in [2.24, 2.45) is 0 Å². The molecule has 0 fully saturated rings. The number of hydrogen-bond acceptors (Lipinski definition) is 3. The van der Waals surface area contributed by atoms with Crippen LogP contribution in [0, 0.1) is 18.6 Å². The van der Waals surface area contributed by atoms with Crippen LogP contribution in [0.4, 0.5) is 14.5 Å². The average Bonchev–Trinajstić information content (AvgIpc) is 2.94. The number of rotatable bonds is 3. The third-order valence-corrected chi connectivity index (χ3v) is 4.43. The number of halogens is 2. The van der Waals surface area contributed by atoms with Crippen molar-refractivity contribution in [2.45, 2.75) is 6.92 Å². The van der Waals surface area contributed by atoms with Gasteiger partial charge in [0, 0.05) is 5.56 Å². The van der Waals surface area contributed by atoms with E-state index in [9.17, 15) is 13.6 Å². The zero-order valence-electron chi connectivity index (χ0n) is 12.1. The lowest BCUT2D eigenvalue weighted by Crippen LogP contribution is -2.14. The number of para-hydroxylation sites is 1. The molecule has 0 unspecified atom stereocenters. The van der Waals surface area contributed by atoms with Crippen molar-refractivity contribution in [1.29, 1.82) is 0 Å². The first-order chi connectivity index (χ1) is 11.1. The van der Waals surface area contributed by atoms with Crippen molar-refractivity contribution >= 4 is 22.9 Å². The summed E-state index contributed by atoms with van der Waals surface area (Å²) in [7, 11) is 0. The van der Waals surface area contributed by atoms with Crippen molar-refractivity contribution < 1.29 is 13.6 Å². The second-order valence-electron chi connectivity index (χ2n) is 4.85. The van der Waals surface area contributed by atoms with E-state index in [1.807, 2.05) is 30.3 Å². The molecule has 23 heavy (non-hydrogen) atoms. The first-order valence-corrected chi connectivity index (χ1v) is 7.66. The Balaban J connectivity index is 1.90. The number of carbonyl (C=O) groups excluding carboxylic acids is 1. The highest BCUT2D eigenvalue weighted by Crippen LogP contribution is 2.29. The molecule has 3 rings (SSSR count). The summed E-state index contributed by atoms with van der Waals surface area (Å²) < 4.78 is 27.3. The van der Waals surface area contributed by atoms with E-state index in [2.05, 4.69) is 10.3 Å². The summed E-state index contributed by atoms with van der Waals surface area (Å²) >= 11 is 1.18. The van der Waals surface area contributed by atoms with E-state index in [0.717, 1.165) is 17.7 Å². The molecule has 0 saturated heterocycles. The van der Waals surface area contributed by atoms with Gasteiger partial charge in [0.1, 0.15) is 27.2 Å². The minimum atomic E-state index is -0.816. The van der Waals surface area contributed by atoms with Crippen LogP contribution in [0.3, 0.4) is 0 Å². The second kappa shape index (κ2) is 6.26. The van der Waals surface area contributed by atoms with Gasteiger partial charge in [-0.25, -0.2) is 13.8 Å². The summed E-state index contributed by atoms with van der Waals surface area (Å²) in [5.74, 6) is -2.21. The molecular weight excluding hydrogens is 318 g/mol. The van der Waals surface area contributed by atoms with Crippen LogP contribution in [0.25, 0.3) is 10.6 Å². The zero-order valence-corrected chi connectivity index (χ0v) is 13.0. The Morgan fingerprint density at radius 3 is 2.35 bits per heavy atom. The van der Waals surface area contributed by atoms with E-state index in [1.165, 1.54) is 17.4 Å². The maximum Gasteiger partial charge on any atom is 0.267 e. The van der Waals surface area contributed by atoms with Crippen LogP contribution in [0.1, 0.15) is 15.4 Å². The minimum Gasteiger partial charge on any atom is -0.316 e. The molecule has 3 nitrogen and oxygen atoms in total. The quantitative estimate of drug-likeness (QED) is 0.759. The Bertz CT molecular complexity index is 842. The van der Waals surface area contributed by atoms with Gasteiger partial charge in [-0.1, -0.05) is 36.4 Å². The second-order valence-corrected chi connectivity index (χ2v) is 5.85. The monoisotopic (exact) mass is 330 g/mol. The Morgan fingerprint density at radius 2 is 1.70 bits per heavy atom. The van der Waals surface area contributed by atoms with E-state index >= 15 is 0 Å². The minimum absolute atomic E-state index is 0.325. The Hall–Kier alpha value is -2.60. The number of hydrogen-bond donors (Lipinski definition) is 1. The van der Waals surface area contributed by atoms with Gasteiger partial charge in [-0.2, -0.15) is 0 Å². The molecule has 2 aromatic carbocycles. The van der Waals surface area contributed by atoms with Crippen LogP contribution in [0.5, 0.6) is 0 Å². The van der Waals surface area contributed by atoms with Gasteiger partial charge in [0.25, 0.3) is 5.91 Å². The standard InChI is InChI=1S/C17H12F2N2OS/c1-10-15(23-17(20-10)11-6-3-2-4-7-11)16(22)21-14-12(18)8-5-9-13(14)19/h2-9H,1H3,(H,21,22). The zero-order chi connectivity index (χ0) is 16.4. The first kappa shape index (κ1) is 15.3. The number of anilines is 1. The Labute approximate surface area is 135 Å². The molecule has 1 aromatic heterocycles. The highest BCUT2D eigenvalue weighted by molar-refractivity contribution is 7.17. The van der Waals surface area contributed by atoms with Gasteiger partial charge in [-0.05, 0) is 19.1 Å². The van der Waals surface area contributed by atoms with Gasteiger partial charge in [-0.15, -0.1) is 11.3 Å². The molecule has 0 radical (unpaired) electrons. The summed E-state index contributed by atoms with van der Waals surface area (Å²) in [5.41, 5.74) is 0.950. The van der Waals surface area contributed by atoms with Crippen LogP contribution >= 0.6 is 11.3 Å². The third-order valence-electron chi connectivity index (χ3n) is 3.22. The van der Waals surface area contributed by atoms with Crippen molar-refractivity contribution in [1.82, 2.24) is 4.98 Å². The number of aromatic nitrogens is 1. The van der Waals surface area contributed by atoms with Crippen LogP contribution < -0.4 is 5.32 Å². The lowest BCUT2D eigenvalue weighted by Gasteiger charge is -2.06. The molecule has 0 aliphatic heterocycles. The average molecular weight is 330 g/mol. The maximum absolute atomic E-state index is 13.6. The van der Waals surface area contributed by atoms with Crippen LogP contribution in [0.2, 0.25) is 0 Å². The van der Waals surface area contributed by atoms with Gasteiger partial charge < -0.3 is 5.32 Å². The molecule has 0 aliphatic rings. The predicted octanol–water partition coefficient (Wildman–Crippen LogP) is 4.65. The molecule has 1 amide bonds. The Morgan fingerprint density at radius 1 is 1.04 bits per heavy atom. The van der Waals surface area contributed by atoms with E-state index in [1.54, 1.807) is 6.92 Å². The summed E-state index contributed by atoms with van der Waals surface area (Å²) in [6.45, 7) is 1.69. The highest BCUT2D eigenvalue weighted by atomic mass is 32.1. The van der Waals surface area contributed by atoms with E-state index in [0.29, 0.717) is 15.6 Å². The Kier molecular flexibility index (Phi) is 4.16. The van der Waals surface area contributed by atoms with Crippen molar-refractivity contribution in [3.8, 4) is 10.6 Å².